The highest BCUT2D eigenvalue weighted by atomic mass is 16.7. The summed E-state index contributed by atoms with van der Waals surface area (Å²) in [6.45, 7) is 1.55. The fraction of sp³-hybridized carbons (Fsp3) is 0.300. The number of amides is 2. The van der Waals surface area contributed by atoms with Crippen molar-refractivity contribution in [2.75, 3.05) is 31.5 Å². The van der Waals surface area contributed by atoms with Gasteiger partial charge in [0.2, 0.25) is 12.7 Å². The maximum Gasteiger partial charge on any atom is 0.251 e. The minimum absolute atomic E-state index is 0.0485. The minimum atomic E-state index is -0.279. The quantitative estimate of drug-likeness (QED) is 0.870. The van der Waals surface area contributed by atoms with Gasteiger partial charge in [-0.1, -0.05) is 0 Å². The number of anilines is 1. The number of ether oxygens (including phenoxy) is 4. The topological polar surface area (TPSA) is 86.3 Å². The second kappa shape index (κ2) is 6.63. The Hall–Kier alpha value is -3.42. The molecule has 8 nitrogen and oxygen atoms in total. The van der Waals surface area contributed by atoms with Crippen molar-refractivity contribution in [3.05, 3.63) is 42.0 Å². The van der Waals surface area contributed by atoms with E-state index in [1.54, 1.807) is 35.2 Å². The smallest absolute Gasteiger partial charge is 0.251 e. The lowest BCUT2D eigenvalue weighted by molar-refractivity contribution is -0.117. The number of rotatable bonds is 3. The van der Waals surface area contributed by atoms with Crippen LogP contribution in [0.25, 0.3) is 0 Å². The van der Waals surface area contributed by atoms with Crippen LogP contribution < -0.4 is 29.2 Å². The van der Waals surface area contributed by atoms with E-state index in [0.29, 0.717) is 48.3 Å². The molecule has 5 rings (SSSR count). The number of nitrogens with zero attached hydrogens (tertiary/aromatic N) is 1. The van der Waals surface area contributed by atoms with Crippen molar-refractivity contribution in [2.24, 2.45) is 0 Å². The van der Waals surface area contributed by atoms with E-state index >= 15 is 0 Å². The Labute approximate surface area is 160 Å². The molecule has 1 fully saturated rings. The van der Waals surface area contributed by atoms with Crippen molar-refractivity contribution in [2.45, 2.75) is 12.5 Å². The van der Waals surface area contributed by atoms with Gasteiger partial charge in [-0.25, -0.2) is 0 Å². The maximum atomic E-state index is 12.6. The molecule has 144 valence electrons. The number of carbonyl (C=O) groups excluding carboxylic acids is 2. The monoisotopic (exact) mass is 382 g/mol. The molecule has 3 aliphatic rings. The van der Waals surface area contributed by atoms with Crippen LogP contribution in [0.4, 0.5) is 5.69 Å². The van der Waals surface area contributed by atoms with Crippen molar-refractivity contribution < 1.29 is 28.5 Å². The summed E-state index contributed by atoms with van der Waals surface area (Å²) in [5.41, 5.74) is 1.20. The highest BCUT2D eigenvalue weighted by Gasteiger charge is 2.32. The minimum Gasteiger partial charge on any atom is -0.486 e. The average Bonchev–Trinajstić information content (AvgIpc) is 3.33. The van der Waals surface area contributed by atoms with Crippen LogP contribution in [0, 0.1) is 0 Å². The fourth-order valence-electron chi connectivity index (χ4n) is 3.56. The summed E-state index contributed by atoms with van der Waals surface area (Å²) in [4.78, 5) is 26.7. The zero-order valence-electron chi connectivity index (χ0n) is 15.0. The summed E-state index contributed by atoms with van der Waals surface area (Å²) in [6, 6.07) is 10.2. The first-order valence-corrected chi connectivity index (χ1v) is 9.08. The fourth-order valence-corrected chi connectivity index (χ4v) is 3.56. The first-order chi connectivity index (χ1) is 13.7. The molecule has 28 heavy (non-hydrogen) atoms. The lowest BCUT2D eigenvalue weighted by atomic mass is 10.1. The molecule has 2 aromatic rings. The zero-order valence-corrected chi connectivity index (χ0v) is 15.0. The van der Waals surface area contributed by atoms with E-state index < -0.39 is 0 Å². The second-order valence-electron chi connectivity index (χ2n) is 6.77. The number of hydrogen-bond donors (Lipinski definition) is 1. The molecule has 0 aromatic heterocycles. The standard InChI is InChI=1S/C20H18N2O6/c23-19-8-13(21-20(24)12-1-3-16-17(7-12)28-11-27-16)10-22(19)14-2-4-15-18(9-14)26-6-5-25-15/h1-4,7,9,13H,5-6,8,10-11H2,(H,21,24)/t13-/m1/s1. The first kappa shape index (κ1) is 16.7. The molecule has 0 aliphatic carbocycles. The molecule has 2 aromatic carbocycles. The van der Waals surface area contributed by atoms with E-state index in [1.807, 2.05) is 6.07 Å². The Balaban J connectivity index is 1.28. The zero-order chi connectivity index (χ0) is 19.1. The van der Waals surface area contributed by atoms with Gasteiger partial charge in [0.05, 0.1) is 6.04 Å². The molecule has 0 spiro atoms. The lowest BCUT2D eigenvalue weighted by Gasteiger charge is -2.22. The van der Waals surface area contributed by atoms with Crippen LogP contribution in [0.2, 0.25) is 0 Å². The highest BCUT2D eigenvalue weighted by Crippen LogP contribution is 2.35. The predicted molar refractivity (Wildman–Crippen MR) is 98.2 cm³/mol. The summed E-state index contributed by atoms with van der Waals surface area (Å²) >= 11 is 0. The van der Waals surface area contributed by atoms with Crippen molar-refractivity contribution in [3.63, 3.8) is 0 Å². The molecule has 0 radical (unpaired) electrons. The summed E-state index contributed by atoms with van der Waals surface area (Å²) in [7, 11) is 0. The summed E-state index contributed by atoms with van der Waals surface area (Å²) in [5.74, 6) is 2.18. The molecule has 0 saturated carbocycles. The number of nitrogens with one attached hydrogen (secondary N) is 1. The number of benzene rings is 2. The molecular weight excluding hydrogens is 364 g/mol. The van der Waals surface area contributed by atoms with Gasteiger partial charge < -0.3 is 29.2 Å². The van der Waals surface area contributed by atoms with Crippen molar-refractivity contribution >= 4 is 17.5 Å². The van der Waals surface area contributed by atoms with Crippen LogP contribution in [0.15, 0.2) is 36.4 Å². The summed E-state index contributed by atoms with van der Waals surface area (Å²) < 4.78 is 21.7. The Morgan fingerprint density at radius 2 is 1.64 bits per heavy atom. The average molecular weight is 382 g/mol. The van der Waals surface area contributed by atoms with E-state index in [9.17, 15) is 9.59 Å². The van der Waals surface area contributed by atoms with Crippen LogP contribution in [0.3, 0.4) is 0 Å². The molecule has 0 bridgehead atoms. The molecule has 1 atom stereocenters. The molecule has 2 amide bonds. The Bertz CT molecular complexity index is 960. The number of fused-ring (bicyclic) bond motifs is 2. The summed E-state index contributed by atoms with van der Waals surface area (Å²) in [6.07, 6.45) is 0.241. The van der Waals surface area contributed by atoms with E-state index in [1.165, 1.54) is 0 Å². The number of hydrogen-bond acceptors (Lipinski definition) is 6. The normalized spacial score (nSPS) is 19.6. The van der Waals surface area contributed by atoms with Gasteiger partial charge in [-0.05, 0) is 30.3 Å². The molecule has 3 aliphatic heterocycles. The van der Waals surface area contributed by atoms with Crippen molar-refractivity contribution in [1.82, 2.24) is 5.32 Å². The molecular formula is C20H18N2O6. The van der Waals surface area contributed by atoms with Gasteiger partial charge in [0.25, 0.3) is 5.91 Å². The molecule has 1 N–H and O–H groups in total. The van der Waals surface area contributed by atoms with E-state index in [-0.39, 0.29) is 31.1 Å². The highest BCUT2D eigenvalue weighted by molar-refractivity contribution is 5.99. The van der Waals surface area contributed by atoms with E-state index in [0.717, 1.165) is 5.69 Å². The Kier molecular flexibility index (Phi) is 3.96. The third kappa shape index (κ3) is 2.96. The van der Waals surface area contributed by atoms with Crippen molar-refractivity contribution in [1.29, 1.82) is 0 Å². The maximum absolute atomic E-state index is 12.6. The molecule has 8 heteroatoms. The first-order valence-electron chi connectivity index (χ1n) is 9.08. The molecule has 3 heterocycles. The molecule has 1 saturated heterocycles. The van der Waals surface area contributed by atoms with Gasteiger partial charge in [0, 0.05) is 30.3 Å². The van der Waals surface area contributed by atoms with Gasteiger partial charge in [-0.15, -0.1) is 0 Å². The SMILES string of the molecule is O=C(N[C@@H]1CC(=O)N(c2ccc3c(c2)OCCO3)C1)c1ccc2c(c1)OCO2. The van der Waals surface area contributed by atoms with Crippen molar-refractivity contribution in [3.8, 4) is 23.0 Å². The van der Waals surface area contributed by atoms with Gasteiger partial charge in [0.15, 0.2) is 23.0 Å². The van der Waals surface area contributed by atoms with Crippen LogP contribution in [-0.4, -0.2) is 44.4 Å². The van der Waals surface area contributed by atoms with Gasteiger partial charge in [-0.2, -0.15) is 0 Å². The van der Waals surface area contributed by atoms with Crippen LogP contribution in [0.5, 0.6) is 23.0 Å². The Morgan fingerprint density at radius 3 is 2.54 bits per heavy atom. The molecule has 0 unspecified atom stereocenters. The third-order valence-electron chi connectivity index (χ3n) is 4.93. The van der Waals surface area contributed by atoms with Gasteiger partial charge in [0.1, 0.15) is 13.2 Å². The van der Waals surface area contributed by atoms with Crippen LogP contribution >= 0.6 is 0 Å². The largest absolute Gasteiger partial charge is 0.486 e. The van der Waals surface area contributed by atoms with Gasteiger partial charge >= 0.3 is 0 Å². The second-order valence-corrected chi connectivity index (χ2v) is 6.77. The third-order valence-corrected chi connectivity index (χ3v) is 4.93. The van der Waals surface area contributed by atoms with E-state index in [2.05, 4.69) is 5.32 Å². The predicted octanol–water partition coefficient (Wildman–Crippen LogP) is 1.72. The summed E-state index contributed by atoms with van der Waals surface area (Å²) in [5, 5.41) is 2.93. The lowest BCUT2D eigenvalue weighted by Crippen LogP contribution is -2.37. The number of carbonyl (C=O) groups is 2. The van der Waals surface area contributed by atoms with Gasteiger partial charge in [-0.3, -0.25) is 9.59 Å². The van der Waals surface area contributed by atoms with Crippen LogP contribution in [0.1, 0.15) is 16.8 Å². The van der Waals surface area contributed by atoms with Crippen LogP contribution in [-0.2, 0) is 4.79 Å². The van der Waals surface area contributed by atoms with E-state index in [4.69, 9.17) is 18.9 Å². The Morgan fingerprint density at radius 1 is 0.929 bits per heavy atom.